The number of amides is 1. The van der Waals surface area contributed by atoms with E-state index in [1.54, 1.807) is 14.0 Å². The maximum atomic E-state index is 12.6. The Kier molecular flexibility index (Phi) is 6.02. The van der Waals surface area contributed by atoms with Gasteiger partial charge in [0.15, 0.2) is 0 Å². The fourth-order valence-corrected chi connectivity index (χ4v) is 3.32. The quantitative estimate of drug-likeness (QED) is 0.846. The van der Waals surface area contributed by atoms with Gasteiger partial charge >= 0.3 is 0 Å². The first-order chi connectivity index (χ1) is 10.9. The molecule has 2 N–H and O–H groups in total. The number of carbonyl (C=O) groups excluding carboxylic acids is 1. The number of benzene rings is 1. The molecule has 0 radical (unpaired) electrons. The number of aliphatic hydroxyl groups excluding tert-OH is 1. The molecule has 1 aromatic rings. The molecule has 3 unspecified atom stereocenters. The lowest BCUT2D eigenvalue weighted by Crippen LogP contribution is -2.45. The van der Waals surface area contributed by atoms with Crippen molar-refractivity contribution < 1.29 is 14.6 Å². The van der Waals surface area contributed by atoms with Crippen molar-refractivity contribution >= 4 is 11.6 Å². The maximum Gasteiger partial charge on any atom is 0.241 e. The number of hydrogen-bond acceptors (Lipinski definition) is 4. The average molecular weight is 320 g/mol. The largest absolute Gasteiger partial charge is 0.495 e. The lowest BCUT2D eigenvalue weighted by Gasteiger charge is -2.30. The second-order valence-corrected chi connectivity index (χ2v) is 6.49. The lowest BCUT2D eigenvalue weighted by atomic mass is 10.1. The second kappa shape index (κ2) is 7.79. The summed E-state index contributed by atoms with van der Waals surface area (Å²) in [5, 5.41) is 12.6. The van der Waals surface area contributed by atoms with E-state index in [-0.39, 0.29) is 24.1 Å². The molecular weight excluding hydrogens is 292 g/mol. The number of nitrogens with one attached hydrogen (secondary N) is 1. The number of aryl methyl sites for hydroxylation is 1. The Bertz CT molecular complexity index is 545. The van der Waals surface area contributed by atoms with Crippen molar-refractivity contribution in [1.29, 1.82) is 0 Å². The predicted octanol–water partition coefficient (Wildman–Crippen LogP) is 2.57. The maximum absolute atomic E-state index is 12.6. The topological polar surface area (TPSA) is 61.8 Å². The third-order valence-electron chi connectivity index (χ3n) is 4.53. The number of carbonyl (C=O) groups is 1. The zero-order chi connectivity index (χ0) is 17.0. The first kappa shape index (κ1) is 17.8. The standard InChI is InChI=1S/C18H28N2O3/c1-12-7-8-17(23-4)16(10-12)19-18(22)14(3)20-9-5-6-15(20)11-13(2)21/h7-8,10,13-15,21H,5-6,9,11H2,1-4H3,(H,19,22). The number of methoxy groups -OCH3 is 1. The van der Waals surface area contributed by atoms with E-state index in [9.17, 15) is 9.90 Å². The summed E-state index contributed by atoms with van der Waals surface area (Å²) in [6.45, 7) is 6.62. The molecule has 5 heteroatoms. The summed E-state index contributed by atoms with van der Waals surface area (Å²) in [5.74, 6) is 0.629. The highest BCUT2D eigenvalue weighted by Gasteiger charge is 2.32. The summed E-state index contributed by atoms with van der Waals surface area (Å²) in [4.78, 5) is 14.8. The van der Waals surface area contributed by atoms with Gasteiger partial charge in [-0.25, -0.2) is 0 Å². The monoisotopic (exact) mass is 320 g/mol. The Morgan fingerprint density at radius 2 is 2.22 bits per heavy atom. The van der Waals surface area contributed by atoms with Crippen LogP contribution in [-0.2, 0) is 4.79 Å². The SMILES string of the molecule is COc1ccc(C)cc1NC(=O)C(C)N1CCCC1CC(C)O. The zero-order valence-electron chi connectivity index (χ0n) is 14.5. The highest BCUT2D eigenvalue weighted by Crippen LogP contribution is 2.27. The third kappa shape index (κ3) is 4.45. The first-order valence-corrected chi connectivity index (χ1v) is 8.31. The van der Waals surface area contributed by atoms with Crippen LogP contribution in [0.2, 0.25) is 0 Å². The number of aliphatic hydroxyl groups is 1. The van der Waals surface area contributed by atoms with Crippen LogP contribution in [0.5, 0.6) is 5.75 Å². The number of anilines is 1. The molecule has 0 aromatic heterocycles. The van der Waals surface area contributed by atoms with E-state index in [1.165, 1.54) is 0 Å². The van der Waals surface area contributed by atoms with Crippen molar-refractivity contribution in [2.45, 2.75) is 58.2 Å². The van der Waals surface area contributed by atoms with Gasteiger partial charge in [-0.15, -0.1) is 0 Å². The predicted molar refractivity (Wildman–Crippen MR) is 91.8 cm³/mol. The molecule has 1 fully saturated rings. The first-order valence-electron chi connectivity index (χ1n) is 8.31. The molecule has 1 saturated heterocycles. The summed E-state index contributed by atoms with van der Waals surface area (Å²) in [7, 11) is 1.60. The minimum Gasteiger partial charge on any atom is -0.495 e. The molecule has 0 aliphatic carbocycles. The van der Waals surface area contributed by atoms with Crippen molar-refractivity contribution in [2.75, 3.05) is 19.0 Å². The minimum absolute atomic E-state index is 0.0357. The fraction of sp³-hybridized carbons (Fsp3) is 0.611. The minimum atomic E-state index is -0.340. The van der Waals surface area contributed by atoms with Crippen molar-refractivity contribution in [3.63, 3.8) is 0 Å². The Morgan fingerprint density at radius 3 is 2.87 bits per heavy atom. The number of hydrogen-bond donors (Lipinski definition) is 2. The molecule has 23 heavy (non-hydrogen) atoms. The Balaban J connectivity index is 2.06. The molecule has 0 spiro atoms. The highest BCUT2D eigenvalue weighted by molar-refractivity contribution is 5.96. The average Bonchev–Trinajstić information content (AvgIpc) is 2.94. The molecular formula is C18H28N2O3. The molecule has 0 bridgehead atoms. The van der Waals surface area contributed by atoms with Gasteiger partial charge in [0, 0.05) is 6.04 Å². The van der Waals surface area contributed by atoms with Crippen LogP contribution in [0.25, 0.3) is 0 Å². The van der Waals surface area contributed by atoms with Gasteiger partial charge in [-0.05, 0) is 64.3 Å². The van der Waals surface area contributed by atoms with Crippen LogP contribution in [0.15, 0.2) is 18.2 Å². The van der Waals surface area contributed by atoms with Gasteiger partial charge in [0.1, 0.15) is 5.75 Å². The van der Waals surface area contributed by atoms with Gasteiger partial charge in [0.25, 0.3) is 0 Å². The van der Waals surface area contributed by atoms with E-state index in [4.69, 9.17) is 4.74 Å². The van der Waals surface area contributed by atoms with Crippen LogP contribution in [0, 0.1) is 6.92 Å². The van der Waals surface area contributed by atoms with Crippen molar-refractivity contribution in [3.8, 4) is 5.75 Å². The van der Waals surface area contributed by atoms with E-state index >= 15 is 0 Å². The molecule has 1 aliphatic heterocycles. The second-order valence-electron chi connectivity index (χ2n) is 6.49. The van der Waals surface area contributed by atoms with E-state index in [0.29, 0.717) is 17.9 Å². The summed E-state index contributed by atoms with van der Waals surface area (Å²) in [5.41, 5.74) is 1.78. The smallest absolute Gasteiger partial charge is 0.241 e. The van der Waals surface area contributed by atoms with Crippen LogP contribution < -0.4 is 10.1 Å². The van der Waals surface area contributed by atoms with Crippen LogP contribution in [0.1, 0.15) is 38.7 Å². The van der Waals surface area contributed by atoms with Crippen LogP contribution in [-0.4, -0.2) is 47.8 Å². The van der Waals surface area contributed by atoms with E-state index in [2.05, 4.69) is 10.2 Å². The molecule has 0 saturated carbocycles. The normalized spacial score (nSPS) is 21.0. The van der Waals surface area contributed by atoms with Crippen molar-refractivity contribution in [1.82, 2.24) is 4.90 Å². The zero-order valence-corrected chi connectivity index (χ0v) is 14.5. The van der Waals surface area contributed by atoms with Gasteiger partial charge in [0.2, 0.25) is 5.91 Å². The Hall–Kier alpha value is -1.59. The van der Waals surface area contributed by atoms with Gasteiger partial charge < -0.3 is 15.2 Å². The molecule has 5 nitrogen and oxygen atoms in total. The van der Waals surface area contributed by atoms with Crippen molar-refractivity contribution in [3.05, 3.63) is 23.8 Å². The Labute approximate surface area is 138 Å². The van der Waals surface area contributed by atoms with E-state index in [1.807, 2.05) is 32.0 Å². The lowest BCUT2D eigenvalue weighted by molar-refractivity contribution is -0.121. The van der Waals surface area contributed by atoms with Crippen LogP contribution in [0.4, 0.5) is 5.69 Å². The van der Waals surface area contributed by atoms with E-state index < -0.39 is 0 Å². The summed E-state index contributed by atoms with van der Waals surface area (Å²) >= 11 is 0. The fourth-order valence-electron chi connectivity index (χ4n) is 3.32. The summed E-state index contributed by atoms with van der Waals surface area (Å²) in [6.07, 6.45) is 2.48. The number of rotatable bonds is 6. The Morgan fingerprint density at radius 1 is 1.48 bits per heavy atom. The third-order valence-corrected chi connectivity index (χ3v) is 4.53. The molecule has 1 aromatic carbocycles. The van der Waals surface area contributed by atoms with Gasteiger partial charge in [-0.3, -0.25) is 9.69 Å². The van der Waals surface area contributed by atoms with Gasteiger partial charge in [-0.2, -0.15) is 0 Å². The van der Waals surface area contributed by atoms with E-state index in [0.717, 1.165) is 24.9 Å². The molecule has 2 rings (SSSR count). The van der Waals surface area contributed by atoms with Gasteiger partial charge in [-0.1, -0.05) is 6.07 Å². The van der Waals surface area contributed by atoms with Crippen molar-refractivity contribution in [2.24, 2.45) is 0 Å². The summed E-state index contributed by atoms with van der Waals surface area (Å²) < 4.78 is 5.32. The molecule has 1 amide bonds. The number of ether oxygens (including phenoxy) is 1. The van der Waals surface area contributed by atoms with Gasteiger partial charge in [0.05, 0.1) is 24.9 Å². The van der Waals surface area contributed by atoms with Crippen LogP contribution in [0.3, 0.4) is 0 Å². The number of likely N-dealkylation sites (tertiary alicyclic amines) is 1. The summed E-state index contributed by atoms with van der Waals surface area (Å²) in [6, 6.07) is 5.78. The molecule has 1 heterocycles. The molecule has 3 atom stereocenters. The highest BCUT2D eigenvalue weighted by atomic mass is 16.5. The van der Waals surface area contributed by atoms with Crippen LogP contribution >= 0.6 is 0 Å². The molecule has 1 aliphatic rings. The molecule has 128 valence electrons. The number of nitrogens with zero attached hydrogens (tertiary/aromatic N) is 1.